The largest absolute Gasteiger partial charge is 0.390 e. The van der Waals surface area contributed by atoms with Crippen LogP contribution >= 0.6 is 11.8 Å². The van der Waals surface area contributed by atoms with Crippen LogP contribution in [0.15, 0.2) is 34.2 Å². The average Bonchev–Trinajstić information content (AvgIpc) is 2.43. The van der Waals surface area contributed by atoms with Crippen molar-refractivity contribution >= 4 is 17.7 Å². The van der Waals surface area contributed by atoms with E-state index in [-0.39, 0.29) is 6.54 Å². The molecule has 1 N–H and O–H groups in total. The van der Waals surface area contributed by atoms with Crippen molar-refractivity contribution in [3.8, 4) is 0 Å². The van der Waals surface area contributed by atoms with Gasteiger partial charge in [0, 0.05) is 32.1 Å². The molecule has 0 heterocycles. The summed E-state index contributed by atoms with van der Waals surface area (Å²) in [5.41, 5.74) is 1.08. The van der Waals surface area contributed by atoms with Crippen molar-refractivity contribution in [2.75, 3.05) is 26.9 Å². The lowest BCUT2D eigenvalue weighted by molar-refractivity contribution is -0.132. The number of nitrogens with zero attached hydrogens (tertiary/aromatic N) is 2. The molecule has 0 unspecified atom stereocenters. The molecule has 0 amide bonds. The molecule has 0 fully saturated rings. The van der Waals surface area contributed by atoms with Gasteiger partial charge in [-0.3, -0.25) is 4.99 Å². The lowest BCUT2D eigenvalue weighted by Crippen LogP contribution is -2.39. The number of aliphatic imine (C=N–C) groups is 1. The van der Waals surface area contributed by atoms with E-state index in [1.165, 1.54) is 4.90 Å². The van der Waals surface area contributed by atoms with Crippen molar-refractivity contribution in [3.63, 3.8) is 0 Å². The lowest BCUT2D eigenvalue weighted by Gasteiger charge is -2.22. The molecule has 3 nitrogen and oxygen atoms in total. The molecule has 1 rings (SSSR count). The van der Waals surface area contributed by atoms with Crippen LogP contribution in [0.2, 0.25) is 0 Å². The molecule has 7 heteroatoms. The van der Waals surface area contributed by atoms with Gasteiger partial charge < -0.3 is 10.2 Å². The Bertz CT molecular complexity index is 458. The highest BCUT2D eigenvalue weighted by atomic mass is 32.2. The quantitative estimate of drug-likeness (QED) is 0.512. The first-order valence-corrected chi connectivity index (χ1v) is 7.69. The summed E-state index contributed by atoms with van der Waals surface area (Å²) in [4.78, 5) is 6.97. The first-order chi connectivity index (χ1) is 9.85. The molecular formula is C14H20F3N3S. The van der Waals surface area contributed by atoms with Crippen molar-refractivity contribution in [1.82, 2.24) is 10.2 Å². The molecule has 0 aliphatic rings. The van der Waals surface area contributed by atoms with Crippen molar-refractivity contribution in [3.05, 3.63) is 29.8 Å². The fourth-order valence-electron chi connectivity index (χ4n) is 1.78. The number of hydrogen-bond donors (Lipinski definition) is 1. The highest BCUT2D eigenvalue weighted by Crippen LogP contribution is 2.18. The molecular weight excluding hydrogens is 299 g/mol. The number of nitrogens with one attached hydrogen (secondary N) is 1. The van der Waals surface area contributed by atoms with Crippen LogP contribution in [0.4, 0.5) is 13.2 Å². The Labute approximate surface area is 127 Å². The number of benzene rings is 1. The molecule has 0 aromatic heterocycles. The van der Waals surface area contributed by atoms with E-state index in [4.69, 9.17) is 0 Å². The van der Waals surface area contributed by atoms with Crippen LogP contribution in [-0.4, -0.2) is 43.9 Å². The Morgan fingerprint density at radius 3 is 2.38 bits per heavy atom. The SMILES string of the molecule is CN=C(NCCC(F)(F)F)N(C)Cc1ccc(SC)cc1. The minimum absolute atomic E-state index is 0.175. The molecule has 0 spiro atoms. The van der Waals surface area contributed by atoms with E-state index in [1.54, 1.807) is 30.8 Å². The molecule has 1 aromatic rings. The van der Waals surface area contributed by atoms with Gasteiger partial charge in [0.1, 0.15) is 0 Å². The van der Waals surface area contributed by atoms with E-state index < -0.39 is 12.6 Å². The second-order valence-corrected chi connectivity index (χ2v) is 5.42. The van der Waals surface area contributed by atoms with Crippen LogP contribution in [0.3, 0.4) is 0 Å². The topological polar surface area (TPSA) is 27.6 Å². The van der Waals surface area contributed by atoms with Crippen molar-refractivity contribution < 1.29 is 13.2 Å². The normalized spacial score (nSPS) is 12.4. The zero-order chi connectivity index (χ0) is 15.9. The number of rotatable bonds is 5. The highest BCUT2D eigenvalue weighted by Gasteiger charge is 2.26. The van der Waals surface area contributed by atoms with Gasteiger partial charge in [0.05, 0.1) is 6.42 Å². The summed E-state index contributed by atoms with van der Waals surface area (Å²) in [5, 5.41) is 2.72. The summed E-state index contributed by atoms with van der Waals surface area (Å²) in [6, 6.07) is 8.05. The number of halogens is 3. The summed E-state index contributed by atoms with van der Waals surface area (Å²) >= 11 is 1.66. The third-order valence-corrected chi connectivity index (χ3v) is 3.59. The zero-order valence-corrected chi connectivity index (χ0v) is 13.2. The standard InChI is InChI=1S/C14H20F3N3S/c1-18-13(19-9-8-14(15,16)17)20(2)10-11-4-6-12(21-3)7-5-11/h4-7H,8-10H2,1-3H3,(H,18,19). The van der Waals surface area contributed by atoms with E-state index >= 15 is 0 Å². The first-order valence-electron chi connectivity index (χ1n) is 6.47. The van der Waals surface area contributed by atoms with Gasteiger partial charge in [-0.1, -0.05) is 12.1 Å². The van der Waals surface area contributed by atoms with E-state index in [0.717, 1.165) is 5.56 Å². The summed E-state index contributed by atoms with van der Waals surface area (Å²) in [6.07, 6.45) is -3.02. The number of guanidine groups is 1. The number of alkyl halides is 3. The van der Waals surface area contributed by atoms with E-state index in [2.05, 4.69) is 10.3 Å². The third-order valence-electron chi connectivity index (χ3n) is 2.84. The molecule has 0 radical (unpaired) electrons. The van der Waals surface area contributed by atoms with Gasteiger partial charge in [0.25, 0.3) is 0 Å². The van der Waals surface area contributed by atoms with Crippen molar-refractivity contribution in [1.29, 1.82) is 0 Å². The van der Waals surface area contributed by atoms with Gasteiger partial charge in [-0.25, -0.2) is 0 Å². The summed E-state index contributed by atoms with van der Waals surface area (Å²) < 4.78 is 36.4. The predicted molar refractivity (Wildman–Crippen MR) is 81.7 cm³/mol. The van der Waals surface area contributed by atoms with E-state index in [0.29, 0.717) is 12.5 Å². The van der Waals surface area contributed by atoms with Crippen LogP contribution in [0, 0.1) is 0 Å². The highest BCUT2D eigenvalue weighted by molar-refractivity contribution is 7.98. The first kappa shape index (κ1) is 17.7. The van der Waals surface area contributed by atoms with Gasteiger partial charge in [-0.05, 0) is 24.0 Å². The Morgan fingerprint density at radius 2 is 1.90 bits per heavy atom. The van der Waals surface area contributed by atoms with E-state index in [1.807, 2.05) is 30.5 Å². The van der Waals surface area contributed by atoms with Crippen LogP contribution in [0.5, 0.6) is 0 Å². The molecule has 1 aromatic carbocycles. The number of thioether (sulfide) groups is 1. The lowest BCUT2D eigenvalue weighted by atomic mass is 10.2. The molecule has 0 aliphatic carbocycles. The van der Waals surface area contributed by atoms with Gasteiger partial charge in [0.15, 0.2) is 5.96 Å². The second kappa shape index (κ2) is 8.17. The van der Waals surface area contributed by atoms with Gasteiger partial charge in [-0.2, -0.15) is 13.2 Å². The van der Waals surface area contributed by atoms with Gasteiger partial charge >= 0.3 is 6.18 Å². The molecule has 118 valence electrons. The number of hydrogen-bond acceptors (Lipinski definition) is 2. The third kappa shape index (κ3) is 6.75. The van der Waals surface area contributed by atoms with Crippen LogP contribution in [0.1, 0.15) is 12.0 Å². The second-order valence-electron chi connectivity index (χ2n) is 4.54. The maximum absolute atomic E-state index is 12.1. The van der Waals surface area contributed by atoms with Gasteiger partial charge in [0.2, 0.25) is 0 Å². The average molecular weight is 319 g/mol. The minimum Gasteiger partial charge on any atom is -0.356 e. The molecule has 0 saturated carbocycles. The molecule has 0 atom stereocenters. The summed E-state index contributed by atoms with van der Waals surface area (Å²) in [5.74, 6) is 0.452. The Morgan fingerprint density at radius 1 is 1.29 bits per heavy atom. The maximum atomic E-state index is 12.1. The molecule has 21 heavy (non-hydrogen) atoms. The minimum atomic E-state index is -4.15. The van der Waals surface area contributed by atoms with Gasteiger partial charge in [-0.15, -0.1) is 11.8 Å². The fourth-order valence-corrected chi connectivity index (χ4v) is 2.19. The zero-order valence-electron chi connectivity index (χ0n) is 12.4. The van der Waals surface area contributed by atoms with Crippen LogP contribution < -0.4 is 5.32 Å². The maximum Gasteiger partial charge on any atom is 0.390 e. The fraction of sp³-hybridized carbons (Fsp3) is 0.500. The predicted octanol–water partition coefficient (Wildman–Crippen LogP) is 3.37. The smallest absolute Gasteiger partial charge is 0.356 e. The van der Waals surface area contributed by atoms with Crippen LogP contribution in [-0.2, 0) is 6.54 Å². The monoisotopic (exact) mass is 319 g/mol. The Hall–Kier alpha value is -1.37. The Balaban J connectivity index is 2.52. The Kier molecular flexibility index (Phi) is 6.87. The van der Waals surface area contributed by atoms with E-state index in [9.17, 15) is 13.2 Å². The molecule has 0 aliphatic heterocycles. The van der Waals surface area contributed by atoms with Crippen LogP contribution in [0.25, 0.3) is 0 Å². The summed E-state index contributed by atoms with van der Waals surface area (Å²) in [7, 11) is 3.36. The van der Waals surface area contributed by atoms with Crippen molar-refractivity contribution in [2.24, 2.45) is 4.99 Å². The molecule has 0 saturated heterocycles. The van der Waals surface area contributed by atoms with Crippen molar-refractivity contribution in [2.45, 2.75) is 24.0 Å². The molecule has 0 bridgehead atoms. The summed E-state index contributed by atoms with van der Waals surface area (Å²) in [6.45, 7) is 0.409.